The van der Waals surface area contributed by atoms with Crippen LogP contribution in [0.5, 0.6) is 5.75 Å². The molecule has 0 bridgehead atoms. The SMILES string of the molecule is COc1ccc(Cl)cc1-n1c(C)cc(C(=O)OCC(=O)N2CCc3ccccc32)c1C. The first kappa shape index (κ1) is 21.0. The van der Waals surface area contributed by atoms with Crippen LogP contribution in [-0.2, 0) is 16.0 Å². The van der Waals surface area contributed by atoms with Gasteiger partial charge in [-0.3, -0.25) is 4.79 Å². The molecule has 1 aromatic heterocycles. The third kappa shape index (κ3) is 3.91. The number of halogens is 1. The summed E-state index contributed by atoms with van der Waals surface area (Å²) < 4.78 is 12.7. The molecule has 0 atom stereocenters. The van der Waals surface area contributed by atoms with Gasteiger partial charge in [0.25, 0.3) is 5.91 Å². The number of nitrogens with zero attached hydrogens (tertiary/aromatic N) is 2. The first-order valence-corrected chi connectivity index (χ1v) is 10.4. The normalized spacial score (nSPS) is 12.6. The second-order valence-electron chi connectivity index (χ2n) is 7.44. The van der Waals surface area contributed by atoms with Gasteiger partial charge in [-0.15, -0.1) is 0 Å². The highest BCUT2D eigenvalue weighted by molar-refractivity contribution is 6.30. The van der Waals surface area contributed by atoms with Gasteiger partial charge in [-0.05, 0) is 56.2 Å². The Balaban J connectivity index is 1.52. The molecule has 0 spiro atoms. The van der Waals surface area contributed by atoms with Gasteiger partial charge in [0.2, 0.25) is 0 Å². The van der Waals surface area contributed by atoms with Gasteiger partial charge in [0.1, 0.15) is 5.75 Å². The van der Waals surface area contributed by atoms with Crippen molar-refractivity contribution in [3.63, 3.8) is 0 Å². The maximum Gasteiger partial charge on any atom is 0.340 e. The number of carbonyl (C=O) groups excluding carboxylic acids is 2. The van der Waals surface area contributed by atoms with Crippen molar-refractivity contribution >= 4 is 29.2 Å². The number of methoxy groups -OCH3 is 1. The molecule has 0 saturated carbocycles. The lowest BCUT2D eigenvalue weighted by atomic mass is 10.2. The largest absolute Gasteiger partial charge is 0.495 e. The Bertz CT molecular complexity index is 1170. The topological polar surface area (TPSA) is 60.8 Å². The molecule has 3 aromatic rings. The van der Waals surface area contributed by atoms with E-state index in [0.29, 0.717) is 28.6 Å². The maximum absolute atomic E-state index is 12.8. The summed E-state index contributed by atoms with van der Waals surface area (Å²) in [7, 11) is 1.58. The number of esters is 1. The summed E-state index contributed by atoms with van der Waals surface area (Å²) in [6, 6.07) is 14.8. The molecular formula is C24H23ClN2O4. The van der Waals surface area contributed by atoms with Crippen molar-refractivity contribution in [2.24, 2.45) is 0 Å². The van der Waals surface area contributed by atoms with E-state index in [1.54, 1.807) is 36.3 Å². The summed E-state index contributed by atoms with van der Waals surface area (Å²) in [6.07, 6.45) is 0.804. The van der Waals surface area contributed by atoms with Crippen LogP contribution in [0.2, 0.25) is 5.02 Å². The average molecular weight is 439 g/mol. The summed E-state index contributed by atoms with van der Waals surface area (Å²) in [6.45, 7) is 4.00. The van der Waals surface area contributed by atoms with E-state index in [1.807, 2.05) is 42.7 Å². The molecule has 1 aliphatic rings. The van der Waals surface area contributed by atoms with E-state index in [-0.39, 0.29) is 12.5 Å². The molecule has 4 rings (SSSR count). The third-order valence-electron chi connectivity index (χ3n) is 5.55. The standard InChI is InChI=1S/C24H23ClN2O4/c1-15-12-19(16(2)27(15)21-13-18(25)8-9-22(21)30-3)24(29)31-14-23(28)26-11-10-17-6-4-5-7-20(17)26/h4-9,12-13H,10-11,14H2,1-3H3. The monoisotopic (exact) mass is 438 g/mol. The molecule has 1 aliphatic heterocycles. The highest BCUT2D eigenvalue weighted by atomic mass is 35.5. The fraction of sp³-hybridized carbons (Fsp3) is 0.250. The van der Waals surface area contributed by atoms with Crippen LogP contribution in [0, 0.1) is 13.8 Å². The Hall–Kier alpha value is -3.25. The van der Waals surface area contributed by atoms with E-state index in [9.17, 15) is 9.59 Å². The van der Waals surface area contributed by atoms with Gasteiger partial charge in [0.05, 0.1) is 18.4 Å². The van der Waals surface area contributed by atoms with Crippen LogP contribution >= 0.6 is 11.6 Å². The van der Waals surface area contributed by atoms with Gasteiger partial charge >= 0.3 is 5.97 Å². The first-order chi connectivity index (χ1) is 14.9. The number of benzene rings is 2. The summed E-state index contributed by atoms with van der Waals surface area (Å²) in [5, 5.41) is 0.559. The average Bonchev–Trinajstić information content (AvgIpc) is 3.32. The van der Waals surface area contributed by atoms with Gasteiger partial charge in [0.15, 0.2) is 6.61 Å². The molecule has 160 valence electrons. The smallest absolute Gasteiger partial charge is 0.340 e. The van der Waals surface area contributed by atoms with Gasteiger partial charge in [-0.25, -0.2) is 4.79 Å². The van der Waals surface area contributed by atoms with Crippen molar-refractivity contribution in [3.05, 3.63) is 76.1 Å². The molecule has 0 radical (unpaired) electrons. The number of carbonyl (C=O) groups is 2. The van der Waals surface area contributed by atoms with E-state index in [1.165, 1.54) is 0 Å². The lowest BCUT2D eigenvalue weighted by Crippen LogP contribution is -2.33. The zero-order valence-electron chi connectivity index (χ0n) is 17.6. The number of ether oxygens (including phenoxy) is 2. The quantitative estimate of drug-likeness (QED) is 0.550. The second-order valence-corrected chi connectivity index (χ2v) is 7.87. The summed E-state index contributed by atoms with van der Waals surface area (Å²) in [5.41, 5.74) is 4.64. The first-order valence-electron chi connectivity index (χ1n) is 9.99. The van der Waals surface area contributed by atoms with Crippen LogP contribution in [0.25, 0.3) is 5.69 Å². The predicted molar refractivity (Wildman–Crippen MR) is 120 cm³/mol. The van der Waals surface area contributed by atoms with E-state index >= 15 is 0 Å². The van der Waals surface area contributed by atoms with Crippen molar-refractivity contribution in [2.45, 2.75) is 20.3 Å². The van der Waals surface area contributed by atoms with Crippen molar-refractivity contribution in [1.82, 2.24) is 4.57 Å². The fourth-order valence-corrected chi connectivity index (χ4v) is 4.22. The van der Waals surface area contributed by atoms with Crippen LogP contribution < -0.4 is 9.64 Å². The van der Waals surface area contributed by atoms with Crippen molar-refractivity contribution in [2.75, 3.05) is 25.2 Å². The Morgan fingerprint density at radius 1 is 1.06 bits per heavy atom. The lowest BCUT2D eigenvalue weighted by Gasteiger charge is -2.17. The Labute approximate surface area is 185 Å². The van der Waals surface area contributed by atoms with Gasteiger partial charge < -0.3 is 18.9 Å². The molecule has 0 fully saturated rings. The zero-order chi connectivity index (χ0) is 22.1. The number of fused-ring (bicyclic) bond motifs is 1. The van der Waals surface area contributed by atoms with Crippen LogP contribution in [-0.4, -0.2) is 36.7 Å². The highest BCUT2D eigenvalue weighted by Crippen LogP contribution is 2.31. The number of amides is 1. The second kappa shape index (κ2) is 8.47. The summed E-state index contributed by atoms with van der Waals surface area (Å²) in [4.78, 5) is 27.1. The number of hydrogen-bond acceptors (Lipinski definition) is 4. The number of para-hydroxylation sites is 1. The van der Waals surface area contributed by atoms with E-state index < -0.39 is 5.97 Å². The van der Waals surface area contributed by atoms with Crippen molar-refractivity contribution < 1.29 is 19.1 Å². The minimum absolute atomic E-state index is 0.233. The fourth-order valence-electron chi connectivity index (χ4n) is 4.06. The summed E-state index contributed by atoms with van der Waals surface area (Å²) >= 11 is 6.18. The van der Waals surface area contributed by atoms with Crippen LogP contribution in [0.15, 0.2) is 48.5 Å². The van der Waals surface area contributed by atoms with Gasteiger partial charge in [-0.1, -0.05) is 29.8 Å². The number of anilines is 1. The zero-order valence-corrected chi connectivity index (χ0v) is 18.4. The summed E-state index contributed by atoms with van der Waals surface area (Å²) in [5.74, 6) is -0.140. The molecule has 31 heavy (non-hydrogen) atoms. The minimum Gasteiger partial charge on any atom is -0.495 e. The molecule has 0 saturated heterocycles. The Kier molecular flexibility index (Phi) is 5.74. The minimum atomic E-state index is -0.541. The third-order valence-corrected chi connectivity index (χ3v) is 5.78. The molecule has 0 unspecified atom stereocenters. The Morgan fingerprint density at radius 2 is 1.84 bits per heavy atom. The maximum atomic E-state index is 12.8. The number of rotatable bonds is 5. The molecule has 0 aliphatic carbocycles. The van der Waals surface area contributed by atoms with Crippen molar-refractivity contribution in [3.8, 4) is 11.4 Å². The van der Waals surface area contributed by atoms with Gasteiger partial charge in [-0.2, -0.15) is 0 Å². The van der Waals surface area contributed by atoms with E-state index in [4.69, 9.17) is 21.1 Å². The van der Waals surface area contributed by atoms with Gasteiger partial charge in [0, 0.05) is 28.6 Å². The number of hydrogen-bond donors (Lipinski definition) is 0. The molecule has 0 N–H and O–H groups in total. The van der Waals surface area contributed by atoms with Crippen LogP contribution in [0.4, 0.5) is 5.69 Å². The molecule has 2 aromatic carbocycles. The number of aromatic nitrogens is 1. The highest BCUT2D eigenvalue weighted by Gasteiger charge is 2.26. The molecular weight excluding hydrogens is 416 g/mol. The van der Waals surface area contributed by atoms with Crippen LogP contribution in [0.3, 0.4) is 0 Å². The lowest BCUT2D eigenvalue weighted by molar-refractivity contribution is -0.121. The Morgan fingerprint density at radius 3 is 2.61 bits per heavy atom. The molecule has 7 heteroatoms. The molecule has 6 nitrogen and oxygen atoms in total. The van der Waals surface area contributed by atoms with Crippen molar-refractivity contribution in [1.29, 1.82) is 0 Å². The van der Waals surface area contributed by atoms with E-state index in [0.717, 1.165) is 29.1 Å². The molecule has 2 heterocycles. The predicted octanol–water partition coefficient (Wildman–Crippen LogP) is 4.50. The number of aryl methyl sites for hydroxylation is 1. The van der Waals surface area contributed by atoms with E-state index in [2.05, 4.69) is 0 Å². The molecule has 1 amide bonds. The van der Waals surface area contributed by atoms with Crippen LogP contribution in [0.1, 0.15) is 27.3 Å².